The van der Waals surface area contributed by atoms with Gasteiger partial charge in [0.05, 0.1) is 5.41 Å². The average Bonchev–Trinajstić information content (AvgIpc) is 2.28. The number of likely N-dealkylation sites (tertiary alicyclic amines) is 1. The van der Waals surface area contributed by atoms with Gasteiger partial charge in [-0.25, -0.2) is 0 Å². The molecule has 94 valence electrons. The minimum atomic E-state index is -0.629. The SMILES string of the molecule is CCCC1(C(=O)O)CCN(CCCO)CC1. The second-order valence-corrected chi connectivity index (χ2v) is 4.75. The van der Waals surface area contributed by atoms with Crippen LogP contribution >= 0.6 is 0 Å². The highest BCUT2D eigenvalue weighted by Gasteiger charge is 2.40. The molecule has 0 aromatic rings. The van der Waals surface area contributed by atoms with E-state index in [1.807, 2.05) is 6.92 Å². The fraction of sp³-hybridized carbons (Fsp3) is 0.917. The van der Waals surface area contributed by atoms with Crippen LogP contribution in [0.3, 0.4) is 0 Å². The molecule has 1 rings (SSSR count). The van der Waals surface area contributed by atoms with E-state index < -0.39 is 11.4 Å². The Bertz CT molecular complexity index is 222. The minimum absolute atomic E-state index is 0.218. The van der Waals surface area contributed by atoms with Gasteiger partial charge in [-0.1, -0.05) is 13.3 Å². The Morgan fingerprint density at radius 3 is 2.44 bits per heavy atom. The molecule has 0 aromatic heterocycles. The fourth-order valence-electron chi connectivity index (χ4n) is 2.55. The van der Waals surface area contributed by atoms with Crippen LogP contribution in [0.4, 0.5) is 0 Å². The van der Waals surface area contributed by atoms with E-state index in [1.54, 1.807) is 0 Å². The number of aliphatic carboxylic acids is 1. The Labute approximate surface area is 97.3 Å². The van der Waals surface area contributed by atoms with E-state index >= 15 is 0 Å². The third-order valence-electron chi connectivity index (χ3n) is 3.63. The zero-order valence-electron chi connectivity index (χ0n) is 10.1. The van der Waals surface area contributed by atoms with Gasteiger partial charge in [0.25, 0.3) is 0 Å². The molecule has 0 aromatic carbocycles. The molecular weight excluding hydrogens is 206 g/mol. The van der Waals surface area contributed by atoms with Crippen LogP contribution in [-0.4, -0.2) is 47.3 Å². The molecule has 16 heavy (non-hydrogen) atoms. The molecule has 0 aliphatic carbocycles. The van der Waals surface area contributed by atoms with Crippen LogP contribution in [0.15, 0.2) is 0 Å². The summed E-state index contributed by atoms with van der Waals surface area (Å²) in [6.45, 7) is 4.86. The molecule has 0 amide bonds. The highest BCUT2D eigenvalue weighted by atomic mass is 16.4. The summed E-state index contributed by atoms with van der Waals surface area (Å²) >= 11 is 0. The summed E-state index contributed by atoms with van der Waals surface area (Å²) in [6.07, 6.45) is 4.01. The number of aliphatic hydroxyl groups is 1. The van der Waals surface area contributed by atoms with Crippen molar-refractivity contribution in [2.24, 2.45) is 5.41 Å². The molecule has 0 atom stereocenters. The maximum atomic E-state index is 11.3. The van der Waals surface area contributed by atoms with Crippen molar-refractivity contribution in [3.05, 3.63) is 0 Å². The molecule has 1 fully saturated rings. The Balaban J connectivity index is 2.46. The number of carboxylic acid groups (broad SMARTS) is 1. The van der Waals surface area contributed by atoms with Crippen molar-refractivity contribution in [1.29, 1.82) is 0 Å². The van der Waals surface area contributed by atoms with Crippen molar-refractivity contribution in [3.63, 3.8) is 0 Å². The van der Waals surface area contributed by atoms with Crippen LogP contribution in [0.2, 0.25) is 0 Å². The van der Waals surface area contributed by atoms with Gasteiger partial charge in [-0.05, 0) is 38.8 Å². The minimum Gasteiger partial charge on any atom is -0.481 e. The second kappa shape index (κ2) is 6.21. The van der Waals surface area contributed by atoms with Crippen molar-refractivity contribution in [1.82, 2.24) is 4.90 Å². The lowest BCUT2D eigenvalue weighted by atomic mass is 9.75. The normalized spacial score (nSPS) is 20.9. The topological polar surface area (TPSA) is 60.8 Å². The fourth-order valence-corrected chi connectivity index (χ4v) is 2.55. The Hall–Kier alpha value is -0.610. The summed E-state index contributed by atoms with van der Waals surface area (Å²) in [4.78, 5) is 13.6. The van der Waals surface area contributed by atoms with Gasteiger partial charge in [0, 0.05) is 13.2 Å². The third kappa shape index (κ3) is 3.19. The lowest BCUT2D eigenvalue weighted by Gasteiger charge is -2.38. The molecule has 2 N–H and O–H groups in total. The average molecular weight is 229 g/mol. The quantitative estimate of drug-likeness (QED) is 0.721. The number of nitrogens with zero attached hydrogens (tertiary/aromatic N) is 1. The van der Waals surface area contributed by atoms with E-state index in [0.29, 0.717) is 0 Å². The van der Waals surface area contributed by atoms with E-state index in [0.717, 1.165) is 51.7 Å². The summed E-state index contributed by atoms with van der Waals surface area (Å²) in [7, 11) is 0. The van der Waals surface area contributed by atoms with Crippen molar-refractivity contribution < 1.29 is 15.0 Å². The molecule has 4 heteroatoms. The van der Waals surface area contributed by atoms with Crippen molar-refractivity contribution in [3.8, 4) is 0 Å². The summed E-state index contributed by atoms with van der Waals surface area (Å²) in [5.41, 5.74) is -0.482. The van der Waals surface area contributed by atoms with E-state index in [-0.39, 0.29) is 6.61 Å². The first-order valence-corrected chi connectivity index (χ1v) is 6.21. The van der Waals surface area contributed by atoms with E-state index in [2.05, 4.69) is 4.90 Å². The largest absolute Gasteiger partial charge is 0.481 e. The van der Waals surface area contributed by atoms with E-state index in [9.17, 15) is 9.90 Å². The Morgan fingerprint density at radius 2 is 2.00 bits per heavy atom. The van der Waals surface area contributed by atoms with E-state index in [1.165, 1.54) is 0 Å². The molecule has 0 bridgehead atoms. The molecular formula is C12H23NO3. The van der Waals surface area contributed by atoms with Gasteiger partial charge in [-0.3, -0.25) is 4.79 Å². The first kappa shape index (κ1) is 13.5. The molecule has 1 saturated heterocycles. The van der Waals surface area contributed by atoms with Crippen LogP contribution in [0, 0.1) is 5.41 Å². The standard InChI is InChI=1S/C12H23NO3/c1-2-4-12(11(15)16)5-8-13(9-6-12)7-3-10-14/h14H,2-10H2,1H3,(H,15,16). The summed E-state index contributed by atoms with van der Waals surface area (Å²) < 4.78 is 0. The number of carbonyl (C=O) groups is 1. The number of rotatable bonds is 6. The smallest absolute Gasteiger partial charge is 0.309 e. The van der Waals surface area contributed by atoms with E-state index in [4.69, 9.17) is 5.11 Å². The summed E-state index contributed by atoms with van der Waals surface area (Å²) in [6, 6.07) is 0. The molecule has 1 aliphatic rings. The number of carboxylic acids is 1. The molecule has 0 spiro atoms. The number of hydrogen-bond acceptors (Lipinski definition) is 3. The third-order valence-corrected chi connectivity index (χ3v) is 3.63. The molecule has 0 saturated carbocycles. The van der Waals surface area contributed by atoms with Gasteiger partial charge in [0.1, 0.15) is 0 Å². The zero-order valence-corrected chi connectivity index (χ0v) is 10.1. The molecule has 4 nitrogen and oxygen atoms in total. The first-order valence-electron chi connectivity index (χ1n) is 6.21. The highest BCUT2D eigenvalue weighted by molar-refractivity contribution is 5.74. The summed E-state index contributed by atoms with van der Waals surface area (Å²) in [5.74, 6) is -0.629. The predicted octanol–water partition coefficient (Wildman–Crippen LogP) is 1.34. The number of piperidine rings is 1. The highest BCUT2D eigenvalue weighted by Crippen LogP contribution is 2.36. The second-order valence-electron chi connectivity index (χ2n) is 4.75. The van der Waals surface area contributed by atoms with Gasteiger partial charge < -0.3 is 15.1 Å². The van der Waals surface area contributed by atoms with Gasteiger partial charge >= 0.3 is 5.97 Å². The lowest BCUT2D eigenvalue weighted by molar-refractivity contribution is -0.152. The lowest BCUT2D eigenvalue weighted by Crippen LogP contribution is -2.44. The van der Waals surface area contributed by atoms with Gasteiger partial charge in [0.2, 0.25) is 0 Å². The zero-order chi connectivity index (χ0) is 12.0. The van der Waals surface area contributed by atoms with Crippen molar-refractivity contribution in [2.75, 3.05) is 26.2 Å². The van der Waals surface area contributed by atoms with Crippen LogP contribution in [0.5, 0.6) is 0 Å². The van der Waals surface area contributed by atoms with Crippen LogP contribution < -0.4 is 0 Å². The Kier molecular flexibility index (Phi) is 5.22. The van der Waals surface area contributed by atoms with Crippen molar-refractivity contribution >= 4 is 5.97 Å². The molecule has 1 aliphatic heterocycles. The van der Waals surface area contributed by atoms with Crippen LogP contribution in [0.1, 0.15) is 39.0 Å². The summed E-state index contributed by atoms with van der Waals surface area (Å²) in [5, 5.41) is 18.1. The first-order chi connectivity index (χ1) is 7.64. The van der Waals surface area contributed by atoms with Crippen molar-refractivity contribution in [2.45, 2.75) is 39.0 Å². The molecule has 0 unspecified atom stereocenters. The maximum Gasteiger partial charge on any atom is 0.309 e. The number of hydrogen-bond donors (Lipinski definition) is 2. The van der Waals surface area contributed by atoms with Crippen LogP contribution in [-0.2, 0) is 4.79 Å². The van der Waals surface area contributed by atoms with Gasteiger partial charge in [-0.15, -0.1) is 0 Å². The monoisotopic (exact) mass is 229 g/mol. The van der Waals surface area contributed by atoms with Gasteiger partial charge in [0.15, 0.2) is 0 Å². The predicted molar refractivity (Wildman–Crippen MR) is 62.4 cm³/mol. The Morgan fingerprint density at radius 1 is 1.38 bits per heavy atom. The number of aliphatic hydroxyl groups excluding tert-OH is 1. The van der Waals surface area contributed by atoms with Crippen LogP contribution in [0.25, 0.3) is 0 Å². The molecule has 0 radical (unpaired) electrons. The molecule has 1 heterocycles. The van der Waals surface area contributed by atoms with Gasteiger partial charge in [-0.2, -0.15) is 0 Å². The maximum absolute atomic E-state index is 11.3.